The van der Waals surface area contributed by atoms with Crippen molar-refractivity contribution in [1.29, 1.82) is 0 Å². The fourth-order valence-corrected chi connectivity index (χ4v) is 3.73. The van der Waals surface area contributed by atoms with Gasteiger partial charge in [-0.25, -0.2) is 0 Å². The highest BCUT2D eigenvalue weighted by Crippen LogP contribution is 2.35. The van der Waals surface area contributed by atoms with Crippen LogP contribution in [0.4, 0.5) is 5.69 Å². The zero-order valence-electron chi connectivity index (χ0n) is 15.2. The van der Waals surface area contributed by atoms with Gasteiger partial charge in [0.15, 0.2) is 0 Å². The van der Waals surface area contributed by atoms with Gasteiger partial charge in [-0.15, -0.1) is 0 Å². The van der Waals surface area contributed by atoms with E-state index < -0.39 is 0 Å². The number of hydrogen-bond acceptors (Lipinski definition) is 2. The topological polar surface area (TPSA) is 64.8 Å². The number of nitrogen functional groups attached to an aromatic ring is 1. The van der Waals surface area contributed by atoms with E-state index in [9.17, 15) is 0 Å². The predicted molar refractivity (Wildman–Crippen MR) is 115 cm³/mol. The minimum absolute atomic E-state index is 0.664. The molecule has 0 aliphatic heterocycles. The highest BCUT2D eigenvalue weighted by molar-refractivity contribution is 6.13. The van der Waals surface area contributed by atoms with Crippen molar-refractivity contribution in [3.05, 3.63) is 102 Å². The van der Waals surface area contributed by atoms with Gasteiger partial charge in [-0.2, -0.15) is 0 Å². The zero-order valence-corrected chi connectivity index (χ0v) is 15.2. The Morgan fingerprint density at radius 1 is 0.750 bits per heavy atom. The molecular weight excluding hydrogens is 344 g/mol. The van der Waals surface area contributed by atoms with Crippen LogP contribution in [0.2, 0.25) is 0 Å². The number of hydrogen-bond donors (Lipinski definition) is 2. The van der Waals surface area contributed by atoms with Crippen molar-refractivity contribution in [2.24, 2.45) is 0 Å². The molecule has 28 heavy (non-hydrogen) atoms. The SMILES string of the molecule is Nc1ccccc1C(=[NH2+])c1cccc(-c2cccc3c2oc2ccccc23)c1. The van der Waals surface area contributed by atoms with Gasteiger partial charge in [0, 0.05) is 27.6 Å². The molecule has 0 spiro atoms. The van der Waals surface area contributed by atoms with E-state index in [0.29, 0.717) is 11.4 Å². The first kappa shape index (κ1) is 16.3. The molecule has 4 N–H and O–H groups in total. The summed E-state index contributed by atoms with van der Waals surface area (Å²) in [5.41, 5.74) is 13.1. The average Bonchev–Trinajstić information content (AvgIpc) is 3.12. The number of rotatable bonds is 3. The molecular formula is C25H19N2O+. The Morgan fingerprint density at radius 3 is 2.39 bits per heavy atom. The van der Waals surface area contributed by atoms with Gasteiger partial charge in [0.25, 0.3) is 0 Å². The Balaban J connectivity index is 1.66. The van der Waals surface area contributed by atoms with Crippen LogP contribution >= 0.6 is 0 Å². The molecule has 4 aromatic carbocycles. The van der Waals surface area contributed by atoms with Crippen LogP contribution in [-0.4, -0.2) is 5.71 Å². The zero-order chi connectivity index (χ0) is 19.1. The fraction of sp³-hybridized carbons (Fsp3) is 0. The first-order valence-corrected chi connectivity index (χ1v) is 9.21. The van der Waals surface area contributed by atoms with Crippen molar-refractivity contribution in [2.45, 2.75) is 0 Å². The van der Waals surface area contributed by atoms with Crippen molar-refractivity contribution in [3.63, 3.8) is 0 Å². The van der Waals surface area contributed by atoms with Crippen LogP contribution in [0, 0.1) is 0 Å². The van der Waals surface area contributed by atoms with E-state index in [0.717, 1.165) is 44.2 Å². The van der Waals surface area contributed by atoms with Gasteiger partial charge in [0.2, 0.25) is 5.71 Å². The average molecular weight is 363 g/mol. The standard InChI is InChI=1S/C25H18N2O/c26-22-13-3-1-10-21(22)24(27)17-8-5-7-16(15-17)18-11-6-12-20-19-9-2-4-14-23(19)28-25(18)20/h1-15,27H,26H2/p+1. The summed E-state index contributed by atoms with van der Waals surface area (Å²) < 4.78 is 6.18. The van der Waals surface area contributed by atoms with E-state index in [1.165, 1.54) is 0 Å². The predicted octanol–water partition coefficient (Wildman–Crippen LogP) is 4.43. The maximum atomic E-state index is 6.45. The first-order valence-electron chi connectivity index (χ1n) is 9.21. The van der Waals surface area contributed by atoms with E-state index in [-0.39, 0.29) is 0 Å². The molecule has 0 amide bonds. The van der Waals surface area contributed by atoms with Crippen molar-refractivity contribution in [1.82, 2.24) is 0 Å². The molecule has 0 saturated carbocycles. The molecule has 0 atom stereocenters. The fourth-order valence-electron chi connectivity index (χ4n) is 3.73. The first-order chi connectivity index (χ1) is 13.7. The number of benzene rings is 4. The lowest BCUT2D eigenvalue weighted by Crippen LogP contribution is -2.41. The second-order valence-corrected chi connectivity index (χ2v) is 6.86. The summed E-state index contributed by atoms with van der Waals surface area (Å²) >= 11 is 0. The third-order valence-corrected chi connectivity index (χ3v) is 5.14. The maximum absolute atomic E-state index is 6.45. The Labute approximate surface area is 162 Å². The van der Waals surface area contributed by atoms with Gasteiger partial charge in [-0.1, -0.05) is 60.7 Å². The Hall–Kier alpha value is -3.85. The number of nitrogens with two attached hydrogens (primary N) is 2. The van der Waals surface area contributed by atoms with Gasteiger partial charge in [0.1, 0.15) is 11.2 Å². The van der Waals surface area contributed by atoms with Crippen LogP contribution in [0.1, 0.15) is 11.1 Å². The summed E-state index contributed by atoms with van der Waals surface area (Å²) in [6.07, 6.45) is 0. The summed E-state index contributed by atoms with van der Waals surface area (Å²) in [5.74, 6) is 0. The van der Waals surface area contributed by atoms with E-state index in [1.54, 1.807) is 0 Å². The van der Waals surface area contributed by atoms with E-state index in [2.05, 4.69) is 36.4 Å². The molecule has 3 nitrogen and oxygen atoms in total. The molecule has 1 heterocycles. The van der Waals surface area contributed by atoms with Gasteiger partial charge in [-0.05, 0) is 35.9 Å². The lowest BCUT2D eigenvalue weighted by Gasteiger charge is -2.07. The Morgan fingerprint density at radius 2 is 1.50 bits per heavy atom. The normalized spacial score (nSPS) is 11.1. The summed E-state index contributed by atoms with van der Waals surface area (Å²) in [4.78, 5) is 0. The lowest BCUT2D eigenvalue weighted by atomic mass is 9.96. The molecule has 5 rings (SSSR count). The molecule has 0 radical (unpaired) electrons. The quantitative estimate of drug-likeness (QED) is 0.368. The van der Waals surface area contributed by atoms with Crippen molar-refractivity contribution in [2.75, 3.05) is 5.73 Å². The van der Waals surface area contributed by atoms with E-state index >= 15 is 0 Å². The molecule has 1 aromatic heterocycles. The monoisotopic (exact) mass is 363 g/mol. The number of para-hydroxylation sites is 3. The molecule has 3 heteroatoms. The Bertz CT molecular complexity index is 1350. The van der Waals surface area contributed by atoms with Crippen molar-refractivity contribution in [3.8, 4) is 11.1 Å². The maximum Gasteiger partial charge on any atom is 0.213 e. The minimum atomic E-state index is 0.664. The van der Waals surface area contributed by atoms with E-state index in [4.69, 9.17) is 15.6 Å². The summed E-state index contributed by atoms with van der Waals surface area (Å²) in [6.45, 7) is 0. The van der Waals surface area contributed by atoms with Crippen molar-refractivity contribution < 1.29 is 9.83 Å². The molecule has 134 valence electrons. The minimum Gasteiger partial charge on any atom is -0.455 e. The molecule has 5 aromatic rings. The summed E-state index contributed by atoms with van der Waals surface area (Å²) in [6, 6.07) is 30.2. The lowest BCUT2D eigenvalue weighted by molar-refractivity contribution is -0.111. The summed E-state index contributed by atoms with van der Waals surface area (Å²) in [7, 11) is 0. The number of anilines is 1. The third-order valence-electron chi connectivity index (χ3n) is 5.14. The van der Waals surface area contributed by atoms with Crippen LogP contribution in [-0.2, 0) is 0 Å². The van der Waals surface area contributed by atoms with Crippen LogP contribution < -0.4 is 11.1 Å². The summed E-state index contributed by atoms with van der Waals surface area (Å²) in [5, 5.41) is 8.69. The second-order valence-electron chi connectivity index (χ2n) is 6.86. The van der Waals surface area contributed by atoms with E-state index in [1.807, 2.05) is 54.6 Å². The smallest absolute Gasteiger partial charge is 0.213 e. The second kappa shape index (κ2) is 6.39. The molecule has 0 saturated heterocycles. The molecule has 0 unspecified atom stereocenters. The highest BCUT2D eigenvalue weighted by Gasteiger charge is 2.16. The van der Waals surface area contributed by atoms with Gasteiger partial charge in [0.05, 0.1) is 5.56 Å². The number of furan rings is 1. The third kappa shape index (κ3) is 2.57. The van der Waals surface area contributed by atoms with Gasteiger partial charge >= 0.3 is 0 Å². The molecule has 0 fully saturated rings. The van der Waals surface area contributed by atoms with Crippen molar-refractivity contribution >= 4 is 33.3 Å². The Kier molecular flexibility index (Phi) is 3.73. The number of fused-ring (bicyclic) bond motifs is 3. The molecule has 0 aliphatic rings. The van der Waals surface area contributed by atoms with Gasteiger partial charge < -0.3 is 10.2 Å². The van der Waals surface area contributed by atoms with Crippen LogP contribution in [0.25, 0.3) is 33.1 Å². The molecule has 0 bridgehead atoms. The molecule has 0 aliphatic carbocycles. The largest absolute Gasteiger partial charge is 0.455 e. The van der Waals surface area contributed by atoms with Crippen LogP contribution in [0.3, 0.4) is 0 Å². The van der Waals surface area contributed by atoms with Crippen LogP contribution in [0.5, 0.6) is 0 Å². The highest BCUT2D eigenvalue weighted by atomic mass is 16.3. The van der Waals surface area contributed by atoms with Crippen LogP contribution in [0.15, 0.2) is 95.4 Å². The van der Waals surface area contributed by atoms with Gasteiger partial charge in [-0.3, -0.25) is 5.41 Å².